The van der Waals surface area contributed by atoms with Gasteiger partial charge in [0.15, 0.2) is 0 Å². The van der Waals surface area contributed by atoms with Crippen molar-refractivity contribution in [3.63, 3.8) is 0 Å². The van der Waals surface area contributed by atoms with Crippen LogP contribution in [0, 0.1) is 6.92 Å². The highest BCUT2D eigenvalue weighted by atomic mass is 16.1. The van der Waals surface area contributed by atoms with Crippen LogP contribution in [0.4, 0.5) is 0 Å². The molecule has 1 aromatic heterocycles. The summed E-state index contributed by atoms with van der Waals surface area (Å²) in [5, 5.41) is 10.9. The second-order valence-corrected chi connectivity index (χ2v) is 3.95. The van der Waals surface area contributed by atoms with Gasteiger partial charge < -0.3 is 5.32 Å². The highest BCUT2D eigenvalue weighted by Crippen LogP contribution is 2.17. The summed E-state index contributed by atoms with van der Waals surface area (Å²) in [5.74, 6) is -0.109. The first-order valence-electron chi connectivity index (χ1n) is 5.90. The molecule has 1 heterocycles. The second kappa shape index (κ2) is 5.40. The lowest BCUT2D eigenvalue weighted by Crippen LogP contribution is -2.24. The van der Waals surface area contributed by atoms with Gasteiger partial charge in [-0.05, 0) is 19.9 Å². The van der Waals surface area contributed by atoms with Gasteiger partial charge in [-0.3, -0.25) is 4.79 Å². The number of hydrogen-bond acceptors (Lipinski definition) is 3. The molecule has 0 saturated heterocycles. The number of amides is 1. The third-order valence-electron chi connectivity index (χ3n) is 2.63. The Morgan fingerprint density at radius 1 is 1.22 bits per heavy atom. The van der Waals surface area contributed by atoms with Gasteiger partial charge in [0.25, 0.3) is 5.91 Å². The number of benzene rings is 1. The molecule has 1 N–H and O–H groups in total. The van der Waals surface area contributed by atoms with E-state index < -0.39 is 0 Å². The van der Waals surface area contributed by atoms with Crippen molar-refractivity contribution in [2.45, 2.75) is 13.8 Å². The summed E-state index contributed by atoms with van der Waals surface area (Å²) in [7, 11) is 0. The van der Waals surface area contributed by atoms with Gasteiger partial charge in [-0.1, -0.05) is 30.3 Å². The van der Waals surface area contributed by atoms with Crippen LogP contribution in [0.3, 0.4) is 0 Å². The SMILES string of the molecule is CCNC(=O)c1cc(-c2ccccc2)nnc1C. The highest BCUT2D eigenvalue weighted by Gasteiger charge is 2.11. The molecule has 2 aromatic rings. The van der Waals surface area contributed by atoms with E-state index in [1.165, 1.54) is 0 Å². The largest absolute Gasteiger partial charge is 0.352 e. The first-order chi connectivity index (χ1) is 8.72. The predicted octanol–water partition coefficient (Wildman–Crippen LogP) is 2.20. The van der Waals surface area contributed by atoms with E-state index in [1.807, 2.05) is 37.3 Å². The van der Waals surface area contributed by atoms with Gasteiger partial charge in [0.1, 0.15) is 0 Å². The highest BCUT2D eigenvalue weighted by molar-refractivity contribution is 5.96. The minimum atomic E-state index is -0.109. The van der Waals surface area contributed by atoms with E-state index in [1.54, 1.807) is 13.0 Å². The van der Waals surface area contributed by atoms with E-state index in [0.29, 0.717) is 23.5 Å². The molecule has 0 aliphatic carbocycles. The third kappa shape index (κ3) is 2.53. The van der Waals surface area contributed by atoms with Gasteiger partial charge in [-0.15, -0.1) is 0 Å². The molecule has 0 bridgehead atoms. The summed E-state index contributed by atoms with van der Waals surface area (Å²) in [4.78, 5) is 11.9. The van der Waals surface area contributed by atoms with Crippen molar-refractivity contribution in [3.8, 4) is 11.3 Å². The molecule has 0 atom stereocenters. The van der Waals surface area contributed by atoms with E-state index in [9.17, 15) is 4.79 Å². The number of aryl methyl sites for hydroxylation is 1. The minimum Gasteiger partial charge on any atom is -0.352 e. The third-order valence-corrected chi connectivity index (χ3v) is 2.63. The fourth-order valence-electron chi connectivity index (χ4n) is 1.69. The molecule has 0 saturated carbocycles. The van der Waals surface area contributed by atoms with Crippen molar-refractivity contribution in [1.29, 1.82) is 0 Å². The monoisotopic (exact) mass is 241 g/mol. The van der Waals surface area contributed by atoms with Crippen LogP contribution in [0.2, 0.25) is 0 Å². The average molecular weight is 241 g/mol. The number of aromatic nitrogens is 2. The fourth-order valence-corrected chi connectivity index (χ4v) is 1.69. The number of nitrogens with one attached hydrogen (secondary N) is 1. The van der Waals surface area contributed by atoms with Crippen molar-refractivity contribution >= 4 is 5.91 Å². The minimum absolute atomic E-state index is 0.109. The van der Waals surface area contributed by atoms with Gasteiger partial charge in [0.05, 0.1) is 17.0 Å². The molecule has 0 aliphatic heterocycles. The lowest BCUT2D eigenvalue weighted by atomic mass is 10.1. The lowest BCUT2D eigenvalue weighted by molar-refractivity contribution is 0.0954. The Morgan fingerprint density at radius 3 is 2.61 bits per heavy atom. The Kier molecular flexibility index (Phi) is 3.67. The maximum absolute atomic E-state index is 11.9. The van der Waals surface area contributed by atoms with Gasteiger partial charge in [-0.2, -0.15) is 10.2 Å². The Morgan fingerprint density at radius 2 is 1.94 bits per heavy atom. The fraction of sp³-hybridized carbons (Fsp3) is 0.214. The van der Waals surface area contributed by atoms with Crippen molar-refractivity contribution < 1.29 is 4.79 Å². The molecule has 0 unspecified atom stereocenters. The molecule has 0 radical (unpaired) electrons. The standard InChI is InChI=1S/C14H15N3O/c1-3-15-14(18)12-9-13(17-16-10(12)2)11-7-5-4-6-8-11/h4-9H,3H2,1-2H3,(H,15,18). The Labute approximate surface area is 106 Å². The topological polar surface area (TPSA) is 54.9 Å². The van der Waals surface area contributed by atoms with Gasteiger partial charge >= 0.3 is 0 Å². The van der Waals surface area contributed by atoms with Crippen molar-refractivity contribution in [2.75, 3.05) is 6.54 Å². The molecule has 4 heteroatoms. The number of nitrogens with zero attached hydrogens (tertiary/aromatic N) is 2. The Balaban J connectivity index is 2.41. The van der Waals surface area contributed by atoms with E-state index in [-0.39, 0.29) is 5.91 Å². The van der Waals surface area contributed by atoms with Crippen LogP contribution in [0.15, 0.2) is 36.4 Å². The number of rotatable bonds is 3. The van der Waals surface area contributed by atoms with Crippen LogP contribution in [0.5, 0.6) is 0 Å². The van der Waals surface area contributed by atoms with Crippen LogP contribution < -0.4 is 5.32 Å². The molecule has 92 valence electrons. The first-order valence-corrected chi connectivity index (χ1v) is 5.90. The quantitative estimate of drug-likeness (QED) is 0.896. The molecule has 0 fully saturated rings. The summed E-state index contributed by atoms with van der Waals surface area (Å²) >= 11 is 0. The summed E-state index contributed by atoms with van der Waals surface area (Å²) in [6.45, 7) is 4.27. The van der Waals surface area contributed by atoms with Crippen LogP contribution in [0.1, 0.15) is 23.0 Å². The molecule has 18 heavy (non-hydrogen) atoms. The first kappa shape index (κ1) is 12.2. The molecule has 0 spiro atoms. The molecule has 4 nitrogen and oxygen atoms in total. The smallest absolute Gasteiger partial charge is 0.253 e. The summed E-state index contributed by atoms with van der Waals surface area (Å²) in [6, 6.07) is 11.5. The number of carbonyl (C=O) groups is 1. The molecule has 1 amide bonds. The van der Waals surface area contributed by atoms with Crippen molar-refractivity contribution in [1.82, 2.24) is 15.5 Å². The van der Waals surface area contributed by atoms with Gasteiger partial charge in [0.2, 0.25) is 0 Å². The lowest BCUT2D eigenvalue weighted by Gasteiger charge is -2.07. The Hall–Kier alpha value is -2.23. The molecule has 0 aliphatic rings. The van der Waals surface area contributed by atoms with Crippen LogP contribution in [-0.4, -0.2) is 22.6 Å². The number of carbonyl (C=O) groups excluding carboxylic acids is 1. The average Bonchev–Trinajstić information content (AvgIpc) is 2.40. The van der Waals surface area contributed by atoms with Crippen LogP contribution in [0.25, 0.3) is 11.3 Å². The summed E-state index contributed by atoms with van der Waals surface area (Å²) < 4.78 is 0. The zero-order valence-electron chi connectivity index (χ0n) is 10.5. The van der Waals surface area contributed by atoms with E-state index >= 15 is 0 Å². The van der Waals surface area contributed by atoms with Gasteiger partial charge in [-0.25, -0.2) is 0 Å². The van der Waals surface area contributed by atoms with E-state index in [0.717, 1.165) is 5.56 Å². The predicted molar refractivity (Wildman–Crippen MR) is 70.2 cm³/mol. The normalized spacial score (nSPS) is 10.1. The molecule has 1 aromatic carbocycles. The van der Waals surface area contributed by atoms with Crippen LogP contribution in [-0.2, 0) is 0 Å². The van der Waals surface area contributed by atoms with Gasteiger partial charge in [0, 0.05) is 12.1 Å². The summed E-state index contributed by atoms with van der Waals surface area (Å²) in [6.07, 6.45) is 0. The zero-order valence-corrected chi connectivity index (χ0v) is 10.5. The van der Waals surface area contributed by atoms with E-state index in [4.69, 9.17) is 0 Å². The molecular formula is C14H15N3O. The number of hydrogen-bond donors (Lipinski definition) is 1. The Bertz CT molecular complexity index is 552. The summed E-state index contributed by atoms with van der Waals surface area (Å²) in [5.41, 5.74) is 2.88. The van der Waals surface area contributed by atoms with Crippen LogP contribution >= 0.6 is 0 Å². The van der Waals surface area contributed by atoms with E-state index in [2.05, 4.69) is 15.5 Å². The van der Waals surface area contributed by atoms with Crippen molar-refractivity contribution in [3.05, 3.63) is 47.7 Å². The second-order valence-electron chi connectivity index (χ2n) is 3.95. The zero-order chi connectivity index (χ0) is 13.0. The molecular weight excluding hydrogens is 226 g/mol. The maximum Gasteiger partial charge on any atom is 0.253 e. The maximum atomic E-state index is 11.9. The van der Waals surface area contributed by atoms with Crippen molar-refractivity contribution in [2.24, 2.45) is 0 Å². The molecule has 2 rings (SSSR count).